The number of ether oxygens (including phenoxy) is 2. The Morgan fingerprint density at radius 2 is 1.19 bits per heavy atom. The van der Waals surface area contributed by atoms with Crippen molar-refractivity contribution in [3.8, 4) is 0 Å². The second-order valence-corrected chi connectivity index (χ2v) is 7.20. The first-order valence-electron chi connectivity index (χ1n) is 6.22. The molecule has 0 bridgehead atoms. The van der Waals surface area contributed by atoms with Gasteiger partial charge in [0.2, 0.25) is 0 Å². The van der Waals surface area contributed by atoms with Gasteiger partial charge in [-0.05, 0) is 0 Å². The van der Waals surface area contributed by atoms with Crippen LogP contribution in [0, 0.1) is 10.8 Å². The highest BCUT2D eigenvalue weighted by molar-refractivity contribution is 4.95. The quantitative estimate of drug-likeness (QED) is 0.634. The molecule has 16 heavy (non-hydrogen) atoms. The Labute approximate surface area is 99.1 Å². The highest BCUT2D eigenvalue weighted by atomic mass is 16.6. The molecule has 0 aromatic rings. The van der Waals surface area contributed by atoms with E-state index in [1.54, 1.807) is 0 Å². The summed E-state index contributed by atoms with van der Waals surface area (Å²) in [4.78, 5) is 2.44. The summed E-state index contributed by atoms with van der Waals surface area (Å²) in [5.41, 5.74) is 0.290. The first-order valence-corrected chi connectivity index (χ1v) is 6.22. The summed E-state index contributed by atoms with van der Waals surface area (Å²) in [5, 5.41) is 0. The summed E-state index contributed by atoms with van der Waals surface area (Å²) in [6.45, 7) is 15.0. The fraction of sp³-hybridized carbons (Fsp3) is 1.00. The molecule has 0 aromatic carbocycles. The molecule has 0 amide bonds. The largest absolute Gasteiger partial charge is 0.361 e. The van der Waals surface area contributed by atoms with Crippen LogP contribution in [0.5, 0.6) is 0 Å². The maximum absolute atomic E-state index is 5.96. The lowest BCUT2D eigenvalue weighted by Crippen LogP contribution is -2.50. The van der Waals surface area contributed by atoms with Gasteiger partial charge in [-0.3, -0.25) is 0 Å². The molecule has 2 aliphatic heterocycles. The average molecular weight is 227 g/mol. The zero-order valence-electron chi connectivity index (χ0n) is 11.4. The minimum Gasteiger partial charge on any atom is -0.361 e. The Kier molecular flexibility index (Phi) is 2.84. The van der Waals surface area contributed by atoms with Crippen LogP contribution in [0.25, 0.3) is 0 Å². The van der Waals surface area contributed by atoms with Crippen LogP contribution in [0.1, 0.15) is 41.5 Å². The molecule has 2 heterocycles. The molecular formula is C13H25NO2. The topological polar surface area (TPSA) is 21.7 Å². The second kappa shape index (κ2) is 3.69. The minimum absolute atomic E-state index is 0.145. The monoisotopic (exact) mass is 227 g/mol. The predicted octanol–water partition coefficient (Wildman–Crippen LogP) is 2.46. The molecule has 94 valence electrons. The van der Waals surface area contributed by atoms with Gasteiger partial charge in [-0.25, -0.2) is 4.90 Å². The van der Waals surface area contributed by atoms with Crippen molar-refractivity contribution in [3.63, 3.8) is 0 Å². The lowest BCUT2D eigenvalue weighted by atomic mass is 9.89. The molecule has 2 saturated heterocycles. The lowest BCUT2D eigenvalue weighted by Gasteiger charge is -2.40. The highest BCUT2D eigenvalue weighted by Crippen LogP contribution is 2.41. The summed E-state index contributed by atoms with van der Waals surface area (Å²) < 4.78 is 11.9. The van der Waals surface area contributed by atoms with Crippen molar-refractivity contribution in [2.24, 2.45) is 10.8 Å². The van der Waals surface area contributed by atoms with Crippen molar-refractivity contribution >= 4 is 0 Å². The van der Waals surface area contributed by atoms with Crippen LogP contribution in [-0.4, -0.2) is 36.6 Å². The van der Waals surface area contributed by atoms with Gasteiger partial charge < -0.3 is 9.47 Å². The van der Waals surface area contributed by atoms with E-state index in [9.17, 15) is 0 Å². The number of nitrogens with zero attached hydrogens (tertiary/aromatic N) is 1. The van der Waals surface area contributed by atoms with E-state index < -0.39 is 0 Å². The van der Waals surface area contributed by atoms with E-state index in [0.29, 0.717) is 6.04 Å². The molecular weight excluding hydrogens is 202 g/mol. The molecule has 3 heteroatoms. The smallest absolute Gasteiger partial charge is 0.117 e. The normalized spacial score (nSPS) is 36.8. The lowest BCUT2D eigenvalue weighted by molar-refractivity contribution is -0.136. The van der Waals surface area contributed by atoms with Crippen molar-refractivity contribution in [2.75, 3.05) is 13.2 Å². The molecule has 0 spiro atoms. The fourth-order valence-corrected chi connectivity index (χ4v) is 2.70. The molecule has 0 aliphatic carbocycles. The van der Waals surface area contributed by atoms with Crippen LogP contribution >= 0.6 is 0 Å². The third-order valence-electron chi connectivity index (χ3n) is 3.34. The van der Waals surface area contributed by atoms with Crippen molar-refractivity contribution in [3.05, 3.63) is 0 Å². The molecule has 0 saturated carbocycles. The summed E-state index contributed by atoms with van der Waals surface area (Å²) >= 11 is 0. The Morgan fingerprint density at radius 3 is 1.50 bits per heavy atom. The van der Waals surface area contributed by atoms with Crippen LogP contribution in [0.3, 0.4) is 0 Å². The molecule has 2 fully saturated rings. The van der Waals surface area contributed by atoms with E-state index in [1.165, 1.54) is 0 Å². The van der Waals surface area contributed by atoms with E-state index in [1.807, 2.05) is 0 Å². The van der Waals surface area contributed by atoms with E-state index in [-0.39, 0.29) is 23.3 Å². The van der Waals surface area contributed by atoms with Gasteiger partial charge in [-0.1, -0.05) is 41.5 Å². The number of fused-ring (bicyclic) bond motifs is 1. The van der Waals surface area contributed by atoms with E-state index in [2.05, 4.69) is 46.4 Å². The maximum Gasteiger partial charge on any atom is 0.117 e. The first kappa shape index (κ1) is 12.3. The van der Waals surface area contributed by atoms with Crippen LogP contribution in [-0.2, 0) is 9.47 Å². The zero-order valence-corrected chi connectivity index (χ0v) is 11.4. The SMILES string of the molecule is CC(C)(C)C1OCC2COC(C(C)(C)C)N21. The van der Waals surface area contributed by atoms with Crippen molar-refractivity contribution in [1.82, 2.24) is 4.90 Å². The summed E-state index contributed by atoms with van der Waals surface area (Å²) in [6, 6.07) is 0.452. The van der Waals surface area contributed by atoms with Crippen molar-refractivity contribution < 1.29 is 9.47 Å². The Hall–Kier alpha value is -0.120. The van der Waals surface area contributed by atoms with Crippen molar-refractivity contribution in [2.45, 2.75) is 60.0 Å². The molecule has 2 unspecified atom stereocenters. The Balaban J connectivity index is 2.22. The van der Waals surface area contributed by atoms with Gasteiger partial charge in [0.05, 0.1) is 19.3 Å². The standard InChI is InChI=1S/C13H25NO2/c1-12(2,3)10-14-9(7-15-10)8-16-11(14)13(4,5)6/h9-11H,7-8H2,1-6H3. The molecule has 0 radical (unpaired) electrons. The van der Waals surface area contributed by atoms with Crippen molar-refractivity contribution in [1.29, 1.82) is 0 Å². The summed E-state index contributed by atoms with van der Waals surface area (Å²) in [7, 11) is 0. The molecule has 0 aromatic heterocycles. The summed E-state index contributed by atoms with van der Waals surface area (Å²) in [5.74, 6) is 0. The fourth-order valence-electron chi connectivity index (χ4n) is 2.70. The maximum atomic E-state index is 5.96. The van der Waals surface area contributed by atoms with Gasteiger partial charge in [0.15, 0.2) is 0 Å². The predicted molar refractivity (Wildman–Crippen MR) is 64.0 cm³/mol. The van der Waals surface area contributed by atoms with Crippen LogP contribution in [0.15, 0.2) is 0 Å². The average Bonchev–Trinajstić information content (AvgIpc) is 2.54. The molecule has 3 nitrogen and oxygen atoms in total. The van der Waals surface area contributed by atoms with E-state index in [0.717, 1.165) is 13.2 Å². The Morgan fingerprint density at radius 1 is 0.812 bits per heavy atom. The van der Waals surface area contributed by atoms with Crippen LogP contribution in [0.4, 0.5) is 0 Å². The zero-order chi connectivity index (χ0) is 12.1. The van der Waals surface area contributed by atoms with Crippen LogP contribution < -0.4 is 0 Å². The summed E-state index contributed by atoms with van der Waals surface area (Å²) in [6.07, 6.45) is 0.369. The van der Waals surface area contributed by atoms with Gasteiger partial charge in [0.25, 0.3) is 0 Å². The minimum atomic E-state index is 0.145. The van der Waals surface area contributed by atoms with Gasteiger partial charge in [-0.15, -0.1) is 0 Å². The third kappa shape index (κ3) is 2.01. The van der Waals surface area contributed by atoms with Gasteiger partial charge in [0, 0.05) is 10.8 Å². The van der Waals surface area contributed by atoms with Gasteiger partial charge >= 0.3 is 0 Å². The molecule has 2 aliphatic rings. The number of rotatable bonds is 0. The highest BCUT2D eigenvalue weighted by Gasteiger charge is 2.51. The second-order valence-electron chi connectivity index (χ2n) is 7.20. The molecule has 2 atom stereocenters. The molecule has 0 N–H and O–H groups in total. The van der Waals surface area contributed by atoms with E-state index >= 15 is 0 Å². The first-order chi connectivity index (χ1) is 7.21. The third-order valence-corrected chi connectivity index (χ3v) is 3.34. The van der Waals surface area contributed by atoms with Gasteiger partial charge in [-0.2, -0.15) is 0 Å². The number of hydrogen-bond acceptors (Lipinski definition) is 3. The Bertz CT molecular complexity index is 238. The number of hydrogen-bond donors (Lipinski definition) is 0. The van der Waals surface area contributed by atoms with Gasteiger partial charge in [0.1, 0.15) is 12.5 Å². The molecule has 2 rings (SSSR count). The van der Waals surface area contributed by atoms with E-state index in [4.69, 9.17) is 9.47 Å². The van der Waals surface area contributed by atoms with Crippen LogP contribution in [0.2, 0.25) is 0 Å².